The highest BCUT2D eigenvalue weighted by molar-refractivity contribution is 6.79. The van der Waals surface area contributed by atoms with E-state index in [2.05, 4.69) is 22.4 Å². The van der Waals surface area contributed by atoms with Gasteiger partial charge in [-0.3, -0.25) is 0 Å². The fourth-order valence-corrected chi connectivity index (χ4v) is 3.38. The first kappa shape index (κ1) is 49.7. The molecule has 0 aromatic rings. The van der Waals surface area contributed by atoms with Gasteiger partial charge in [0, 0.05) is 0 Å². The van der Waals surface area contributed by atoms with Crippen molar-refractivity contribution in [2.24, 2.45) is 0 Å². The molecule has 0 aromatic carbocycles. The van der Waals surface area contributed by atoms with Crippen LogP contribution in [0, 0.1) is 0 Å². The lowest BCUT2D eigenvalue weighted by molar-refractivity contribution is 1.29. The molecule has 0 bridgehead atoms. The Bertz CT molecular complexity index is 55.4. The summed E-state index contributed by atoms with van der Waals surface area (Å²) in [7, 11) is 1.23. The van der Waals surface area contributed by atoms with E-state index in [1.165, 1.54) is 0 Å². The van der Waals surface area contributed by atoms with Crippen molar-refractivity contribution in [3.05, 3.63) is 0 Å². The van der Waals surface area contributed by atoms with Crippen LogP contribution in [0.3, 0.4) is 0 Å². The van der Waals surface area contributed by atoms with E-state index in [4.69, 9.17) is 0 Å². The molecule has 0 unspecified atom stereocenters. The molecule has 0 heterocycles. The van der Waals surface area contributed by atoms with Gasteiger partial charge in [-0.2, -0.15) is 0 Å². The first-order valence-corrected chi connectivity index (χ1v) is 7.50. The minimum absolute atomic E-state index is 0. The van der Waals surface area contributed by atoms with Crippen LogP contribution < -0.4 is 9.30 Å². The summed E-state index contributed by atoms with van der Waals surface area (Å²) in [5, 5.41) is 0. The lowest BCUT2D eigenvalue weighted by atomic mass is 11.9. The number of hydrogen-bond donors (Lipinski definition) is 2. The second-order valence-corrected chi connectivity index (χ2v) is 9.38. The Morgan fingerprint density at radius 1 is 0.692 bits per heavy atom. The zero-order valence-electron chi connectivity index (χ0n) is 5.50. The van der Waals surface area contributed by atoms with Crippen molar-refractivity contribution in [1.82, 2.24) is 9.30 Å². The van der Waals surface area contributed by atoms with Gasteiger partial charge in [0.1, 0.15) is 0 Å². The first-order chi connectivity index (χ1) is 3.12. The van der Waals surface area contributed by atoms with Crippen LogP contribution in [0.5, 0.6) is 0 Å². The lowest BCUT2D eigenvalue weighted by Crippen LogP contribution is -2.55. The molecule has 0 aliphatic heterocycles. The van der Waals surface area contributed by atoms with E-state index < -0.39 is 8.40 Å². The van der Waals surface area contributed by atoms with Crippen molar-refractivity contribution < 1.29 is 0 Å². The lowest BCUT2D eigenvalue weighted by Gasteiger charge is -2.19. The van der Waals surface area contributed by atoms with Gasteiger partial charge in [-0.1, -0.05) is 44.6 Å². The third kappa shape index (κ3) is 32.5. The molecule has 2 N–H and O–H groups in total. The topological polar surface area (TPSA) is 24.1 Å². The average Bonchev–Trinajstić information content (AvgIpc) is 1.68. The molecule has 5 heteroatoms. The monoisotopic (exact) mass is 246 g/mol. The van der Waals surface area contributed by atoms with Gasteiger partial charge in [0.2, 0.25) is 0 Å². The van der Waals surface area contributed by atoms with E-state index in [0.29, 0.717) is 0 Å². The number of hydrogen-bond acceptors (Lipinski definition) is 2. The van der Waals surface area contributed by atoms with Crippen molar-refractivity contribution in [1.29, 1.82) is 0 Å². The average molecular weight is 247 g/mol. The maximum Gasteiger partial charge on any atom is 0.180 e. The quantitative estimate of drug-likeness (QED) is 0.717. The minimum Gasteiger partial charge on any atom is -0.355 e. The maximum atomic E-state index is 3.39. The summed E-state index contributed by atoms with van der Waals surface area (Å²) >= 11 is 0. The number of nitrogens with one attached hydrogen (secondary N) is 2. The van der Waals surface area contributed by atoms with Gasteiger partial charge in [0.25, 0.3) is 0 Å². The zero-order valence-corrected chi connectivity index (χ0v) is 10.5. The standard InChI is InChI=1S/C2H14N2Si3.6CH4/c1-7(2,3-5)4-6;;;;;;/h3-4H,1-2,5-6H3;6*1H4. The van der Waals surface area contributed by atoms with E-state index in [0.717, 1.165) is 20.8 Å². The molecule has 2 nitrogen and oxygen atoms in total. The molecule has 0 atom stereocenters. The smallest absolute Gasteiger partial charge is 0.180 e. The highest BCUT2D eigenvalue weighted by atomic mass is 28.4. The van der Waals surface area contributed by atoms with Crippen molar-refractivity contribution in [2.75, 3.05) is 0 Å². The molecule has 0 aliphatic rings. The second-order valence-electron chi connectivity index (χ2n) is 2.12. The highest BCUT2D eigenvalue weighted by Gasteiger charge is 2.12. The van der Waals surface area contributed by atoms with E-state index in [-0.39, 0.29) is 44.6 Å². The molecule has 0 saturated heterocycles. The summed E-state index contributed by atoms with van der Waals surface area (Å²) in [5.74, 6) is 0. The molecule has 92 valence electrons. The van der Waals surface area contributed by atoms with E-state index in [9.17, 15) is 0 Å². The minimum atomic E-state index is -1.03. The predicted octanol–water partition coefficient (Wildman–Crippen LogP) is 1.24. The molecule has 0 rings (SSSR count). The highest BCUT2D eigenvalue weighted by Crippen LogP contribution is 1.83. The second kappa shape index (κ2) is 22.9. The van der Waals surface area contributed by atoms with Crippen LogP contribution in [0.2, 0.25) is 13.1 Å². The van der Waals surface area contributed by atoms with Crippen LogP contribution in [0.1, 0.15) is 44.6 Å². The Kier molecular flexibility index (Phi) is 87.5. The van der Waals surface area contributed by atoms with Gasteiger partial charge in [-0.15, -0.1) is 0 Å². The fourth-order valence-electron chi connectivity index (χ4n) is 0.125. The Morgan fingerprint density at radius 3 is 0.846 bits per heavy atom. The van der Waals surface area contributed by atoms with Crippen LogP contribution in [0.15, 0.2) is 0 Å². The van der Waals surface area contributed by atoms with E-state index >= 15 is 0 Å². The van der Waals surface area contributed by atoms with Crippen LogP contribution in [-0.4, -0.2) is 29.2 Å². The van der Waals surface area contributed by atoms with Gasteiger partial charge in [-0.25, -0.2) is 0 Å². The summed E-state index contributed by atoms with van der Waals surface area (Å²) < 4.78 is 6.78. The van der Waals surface area contributed by atoms with Crippen LogP contribution in [-0.2, 0) is 0 Å². The fraction of sp³-hybridized carbons (Fsp3) is 1.00. The third-order valence-corrected chi connectivity index (χ3v) is 11.2. The molecule has 0 saturated carbocycles. The molecule has 0 fully saturated rings. The van der Waals surface area contributed by atoms with Crippen molar-refractivity contribution in [2.45, 2.75) is 57.7 Å². The summed E-state index contributed by atoms with van der Waals surface area (Å²) in [5.41, 5.74) is 0. The maximum absolute atomic E-state index is 3.39. The molecule has 13 heavy (non-hydrogen) atoms. The van der Waals surface area contributed by atoms with Gasteiger partial charge in [0.15, 0.2) is 8.40 Å². The van der Waals surface area contributed by atoms with Crippen molar-refractivity contribution in [3.8, 4) is 0 Å². The molecule has 0 radical (unpaired) electrons. The van der Waals surface area contributed by atoms with Gasteiger partial charge in [-0.05, 0) is 13.1 Å². The Balaban J connectivity index is -0.0000000120. The molecule has 0 amide bonds. The van der Waals surface area contributed by atoms with Gasteiger partial charge >= 0.3 is 0 Å². The van der Waals surface area contributed by atoms with Crippen LogP contribution in [0.4, 0.5) is 0 Å². The predicted molar refractivity (Wildman–Crippen MR) is 84.0 cm³/mol. The molecular weight excluding hydrogens is 208 g/mol. The molecule has 0 aromatic heterocycles. The normalized spacial score (nSPS) is 6.92. The molecule has 0 aliphatic carbocycles. The summed E-state index contributed by atoms with van der Waals surface area (Å²) in [6.45, 7) is 4.57. The largest absolute Gasteiger partial charge is 0.355 e. The molecular formula is C8H38N2Si3. The summed E-state index contributed by atoms with van der Waals surface area (Å²) in [4.78, 5) is 0. The number of rotatable bonds is 2. The summed E-state index contributed by atoms with van der Waals surface area (Å²) in [6.07, 6.45) is 0. The third-order valence-electron chi connectivity index (χ3n) is 1.25. The van der Waals surface area contributed by atoms with Gasteiger partial charge < -0.3 is 9.30 Å². The SMILES string of the molecule is C.C.C.C.C.C.C[Si](C)(N[SiH3])N[SiH3]. The van der Waals surface area contributed by atoms with E-state index in [1.54, 1.807) is 0 Å². The summed E-state index contributed by atoms with van der Waals surface area (Å²) in [6, 6.07) is 0. The Morgan fingerprint density at radius 2 is 0.846 bits per heavy atom. The van der Waals surface area contributed by atoms with Crippen LogP contribution in [0.25, 0.3) is 0 Å². The van der Waals surface area contributed by atoms with E-state index in [1.807, 2.05) is 0 Å². The van der Waals surface area contributed by atoms with Crippen molar-refractivity contribution >= 4 is 29.2 Å². The first-order valence-electron chi connectivity index (χ1n) is 2.50. The Hall–Kier alpha value is 0.571. The van der Waals surface area contributed by atoms with Crippen molar-refractivity contribution in [3.63, 3.8) is 0 Å². The Labute approximate surface area is 96.5 Å². The van der Waals surface area contributed by atoms with Gasteiger partial charge in [0.05, 0.1) is 20.8 Å². The van der Waals surface area contributed by atoms with Crippen LogP contribution >= 0.6 is 0 Å². The zero-order chi connectivity index (χ0) is 5.91. The molecule has 0 spiro atoms.